The molecule has 1 saturated heterocycles. The van der Waals surface area contributed by atoms with Gasteiger partial charge < -0.3 is 14.7 Å². The lowest BCUT2D eigenvalue weighted by Crippen LogP contribution is -2.32. The SMILES string of the molecule is Cc1cc(Nc2nccc(C(=O)N3CCCCCC3)n2)no1. The maximum Gasteiger partial charge on any atom is 0.272 e. The fraction of sp³-hybridized carbons (Fsp3) is 0.467. The summed E-state index contributed by atoms with van der Waals surface area (Å²) < 4.78 is 4.98. The lowest BCUT2D eigenvalue weighted by molar-refractivity contribution is 0.0755. The average molecular weight is 301 g/mol. The molecular weight excluding hydrogens is 282 g/mol. The van der Waals surface area contributed by atoms with Gasteiger partial charge >= 0.3 is 0 Å². The van der Waals surface area contributed by atoms with Gasteiger partial charge in [-0.05, 0) is 25.8 Å². The number of hydrogen-bond donors (Lipinski definition) is 1. The highest BCUT2D eigenvalue weighted by Gasteiger charge is 2.19. The number of carbonyl (C=O) groups excluding carboxylic acids is 1. The van der Waals surface area contributed by atoms with E-state index in [0.29, 0.717) is 23.2 Å². The van der Waals surface area contributed by atoms with Crippen molar-refractivity contribution in [2.45, 2.75) is 32.6 Å². The monoisotopic (exact) mass is 301 g/mol. The number of likely N-dealkylation sites (tertiary alicyclic amines) is 1. The highest BCUT2D eigenvalue weighted by molar-refractivity contribution is 5.92. The van der Waals surface area contributed by atoms with Gasteiger partial charge in [-0.2, -0.15) is 0 Å². The van der Waals surface area contributed by atoms with Crippen LogP contribution in [0.3, 0.4) is 0 Å². The van der Waals surface area contributed by atoms with Crippen LogP contribution < -0.4 is 5.32 Å². The molecule has 1 aliphatic heterocycles. The van der Waals surface area contributed by atoms with Crippen molar-refractivity contribution in [3.8, 4) is 0 Å². The molecule has 3 rings (SSSR count). The van der Waals surface area contributed by atoms with Crippen molar-refractivity contribution in [3.05, 3.63) is 29.8 Å². The van der Waals surface area contributed by atoms with Crippen LogP contribution in [0.15, 0.2) is 22.9 Å². The number of amides is 1. The standard InChI is InChI=1S/C15H19N5O2/c1-11-10-13(19-22-11)18-15-16-7-6-12(17-15)14(21)20-8-4-2-3-5-9-20/h6-7,10H,2-5,8-9H2,1H3,(H,16,17,18,19). The zero-order chi connectivity index (χ0) is 15.4. The summed E-state index contributed by atoms with van der Waals surface area (Å²) >= 11 is 0. The van der Waals surface area contributed by atoms with E-state index in [1.54, 1.807) is 25.3 Å². The Balaban J connectivity index is 1.73. The molecule has 0 aliphatic carbocycles. The highest BCUT2D eigenvalue weighted by atomic mass is 16.5. The summed E-state index contributed by atoms with van der Waals surface area (Å²) in [6.07, 6.45) is 6.06. The van der Waals surface area contributed by atoms with E-state index in [0.717, 1.165) is 25.9 Å². The molecule has 0 bridgehead atoms. The predicted molar refractivity (Wildman–Crippen MR) is 80.9 cm³/mol. The molecule has 7 nitrogen and oxygen atoms in total. The molecule has 2 aromatic heterocycles. The Labute approximate surface area is 128 Å². The summed E-state index contributed by atoms with van der Waals surface area (Å²) in [6, 6.07) is 3.39. The molecule has 0 atom stereocenters. The number of carbonyl (C=O) groups is 1. The minimum Gasteiger partial charge on any atom is -0.360 e. The van der Waals surface area contributed by atoms with E-state index >= 15 is 0 Å². The fourth-order valence-corrected chi connectivity index (χ4v) is 2.51. The fourth-order valence-electron chi connectivity index (χ4n) is 2.51. The Morgan fingerprint density at radius 1 is 1.27 bits per heavy atom. The summed E-state index contributed by atoms with van der Waals surface area (Å²) in [4.78, 5) is 22.8. The van der Waals surface area contributed by atoms with E-state index in [4.69, 9.17) is 4.52 Å². The predicted octanol–water partition coefficient (Wildman–Crippen LogP) is 2.53. The third-order valence-electron chi connectivity index (χ3n) is 3.64. The Morgan fingerprint density at radius 2 is 2.05 bits per heavy atom. The molecule has 1 fully saturated rings. The van der Waals surface area contributed by atoms with Crippen molar-refractivity contribution in [2.75, 3.05) is 18.4 Å². The van der Waals surface area contributed by atoms with Gasteiger partial charge in [0, 0.05) is 25.4 Å². The Bertz CT molecular complexity index is 647. The van der Waals surface area contributed by atoms with Gasteiger partial charge in [-0.1, -0.05) is 18.0 Å². The van der Waals surface area contributed by atoms with Gasteiger partial charge in [0.25, 0.3) is 5.91 Å². The molecule has 0 aromatic carbocycles. The smallest absolute Gasteiger partial charge is 0.272 e. The molecule has 0 saturated carbocycles. The van der Waals surface area contributed by atoms with E-state index in [2.05, 4.69) is 20.4 Å². The van der Waals surface area contributed by atoms with Crippen molar-refractivity contribution in [1.82, 2.24) is 20.0 Å². The van der Waals surface area contributed by atoms with Crippen molar-refractivity contribution in [1.29, 1.82) is 0 Å². The first-order valence-corrected chi connectivity index (χ1v) is 7.55. The van der Waals surface area contributed by atoms with Crippen LogP contribution >= 0.6 is 0 Å². The molecule has 1 amide bonds. The third-order valence-corrected chi connectivity index (χ3v) is 3.64. The Kier molecular flexibility index (Phi) is 4.32. The quantitative estimate of drug-likeness (QED) is 0.937. The van der Waals surface area contributed by atoms with E-state index in [-0.39, 0.29) is 5.91 Å². The first-order chi connectivity index (χ1) is 10.7. The van der Waals surface area contributed by atoms with Crippen LogP contribution in [0.1, 0.15) is 41.9 Å². The lowest BCUT2D eigenvalue weighted by Gasteiger charge is -2.19. The van der Waals surface area contributed by atoms with Gasteiger partial charge in [-0.25, -0.2) is 9.97 Å². The number of nitrogens with one attached hydrogen (secondary N) is 1. The van der Waals surface area contributed by atoms with Crippen LogP contribution in [0.5, 0.6) is 0 Å². The third kappa shape index (κ3) is 3.41. The van der Waals surface area contributed by atoms with Crippen molar-refractivity contribution < 1.29 is 9.32 Å². The number of aromatic nitrogens is 3. The Hall–Kier alpha value is -2.44. The van der Waals surface area contributed by atoms with Crippen molar-refractivity contribution in [3.63, 3.8) is 0 Å². The summed E-state index contributed by atoms with van der Waals surface area (Å²) in [5.41, 5.74) is 0.402. The maximum atomic E-state index is 12.5. The van der Waals surface area contributed by atoms with Crippen LogP contribution in [0.4, 0.5) is 11.8 Å². The van der Waals surface area contributed by atoms with Crippen molar-refractivity contribution in [2.24, 2.45) is 0 Å². The molecule has 0 radical (unpaired) electrons. The maximum absolute atomic E-state index is 12.5. The van der Waals surface area contributed by atoms with E-state index < -0.39 is 0 Å². The summed E-state index contributed by atoms with van der Waals surface area (Å²) in [7, 11) is 0. The van der Waals surface area contributed by atoms with Gasteiger partial charge in [0.15, 0.2) is 5.82 Å². The molecule has 116 valence electrons. The van der Waals surface area contributed by atoms with Crippen molar-refractivity contribution >= 4 is 17.7 Å². The summed E-state index contributed by atoms with van der Waals surface area (Å²) in [6.45, 7) is 3.40. The first kappa shape index (κ1) is 14.5. The molecule has 3 heterocycles. The molecule has 1 aliphatic rings. The van der Waals surface area contributed by atoms with Crippen LogP contribution in [0.2, 0.25) is 0 Å². The zero-order valence-electron chi connectivity index (χ0n) is 12.6. The number of aryl methyl sites for hydroxylation is 1. The number of hydrogen-bond acceptors (Lipinski definition) is 6. The number of nitrogens with zero attached hydrogens (tertiary/aromatic N) is 4. The second-order valence-corrected chi connectivity index (χ2v) is 5.42. The first-order valence-electron chi connectivity index (χ1n) is 7.55. The average Bonchev–Trinajstić information content (AvgIpc) is 2.78. The molecule has 0 spiro atoms. The van der Waals surface area contributed by atoms with E-state index in [1.165, 1.54) is 12.8 Å². The van der Waals surface area contributed by atoms with Gasteiger partial charge in [0.2, 0.25) is 5.95 Å². The molecule has 7 heteroatoms. The highest BCUT2D eigenvalue weighted by Crippen LogP contribution is 2.15. The van der Waals surface area contributed by atoms with Gasteiger partial charge in [-0.15, -0.1) is 0 Å². The van der Waals surface area contributed by atoms with Gasteiger partial charge in [-0.3, -0.25) is 4.79 Å². The molecule has 0 unspecified atom stereocenters. The minimum absolute atomic E-state index is 0.0383. The number of rotatable bonds is 3. The zero-order valence-corrected chi connectivity index (χ0v) is 12.6. The van der Waals surface area contributed by atoms with E-state index in [1.807, 2.05) is 4.90 Å². The second kappa shape index (κ2) is 6.55. The summed E-state index contributed by atoms with van der Waals surface area (Å²) in [5.74, 6) is 1.52. The van der Waals surface area contributed by atoms with Crippen LogP contribution in [0.25, 0.3) is 0 Å². The molecule has 1 N–H and O–H groups in total. The minimum atomic E-state index is -0.0383. The molecule has 22 heavy (non-hydrogen) atoms. The number of anilines is 2. The van der Waals surface area contributed by atoms with Crippen LogP contribution in [0, 0.1) is 6.92 Å². The summed E-state index contributed by atoms with van der Waals surface area (Å²) in [5, 5.41) is 6.76. The largest absolute Gasteiger partial charge is 0.360 e. The lowest BCUT2D eigenvalue weighted by atomic mass is 10.2. The van der Waals surface area contributed by atoms with Gasteiger partial charge in [0.1, 0.15) is 11.5 Å². The molecule has 2 aromatic rings. The Morgan fingerprint density at radius 3 is 2.73 bits per heavy atom. The second-order valence-electron chi connectivity index (χ2n) is 5.42. The van der Waals surface area contributed by atoms with E-state index in [9.17, 15) is 4.79 Å². The topological polar surface area (TPSA) is 84.2 Å². The normalized spacial score (nSPS) is 15.4. The van der Waals surface area contributed by atoms with Crippen LogP contribution in [-0.2, 0) is 0 Å². The molecular formula is C15H19N5O2. The van der Waals surface area contributed by atoms with Gasteiger partial charge in [0.05, 0.1) is 0 Å². The van der Waals surface area contributed by atoms with Crippen LogP contribution in [-0.4, -0.2) is 39.0 Å².